The number of furan rings is 1. The van der Waals surface area contributed by atoms with Crippen molar-refractivity contribution in [2.75, 3.05) is 5.75 Å². The lowest BCUT2D eigenvalue weighted by atomic mass is 10.1. The van der Waals surface area contributed by atoms with Gasteiger partial charge >= 0.3 is 0 Å². The van der Waals surface area contributed by atoms with E-state index in [0.717, 1.165) is 16.2 Å². The van der Waals surface area contributed by atoms with Crippen LogP contribution in [0, 0.1) is 6.92 Å². The molecule has 0 spiro atoms. The van der Waals surface area contributed by atoms with Crippen LogP contribution in [0.4, 0.5) is 0 Å². The lowest BCUT2D eigenvalue weighted by Gasteiger charge is -2.09. The van der Waals surface area contributed by atoms with Crippen molar-refractivity contribution in [3.05, 3.63) is 83.8 Å². The molecule has 2 aromatic carbocycles. The van der Waals surface area contributed by atoms with Crippen molar-refractivity contribution in [3.63, 3.8) is 0 Å². The number of nitrogens with zero attached hydrogens (tertiary/aromatic N) is 3. The third-order valence-corrected chi connectivity index (χ3v) is 5.31. The predicted octanol–water partition coefficient (Wildman–Crippen LogP) is 4.23. The maximum absolute atomic E-state index is 12.2. The van der Waals surface area contributed by atoms with Crippen molar-refractivity contribution >= 4 is 34.9 Å². The monoisotopic (exact) mass is 404 g/mol. The average molecular weight is 404 g/mol. The van der Waals surface area contributed by atoms with Crippen molar-refractivity contribution < 1.29 is 9.21 Å². The number of carbonyl (C=O) groups is 1. The molecule has 6 nitrogen and oxygen atoms in total. The van der Waals surface area contributed by atoms with E-state index in [-0.39, 0.29) is 11.7 Å². The molecule has 0 aliphatic heterocycles. The predicted molar refractivity (Wildman–Crippen MR) is 115 cm³/mol. The summed E-state index contributed by atoms with van der Waals surface area (Å²) in [6, 6.07) is 20.0. The smallest absolute Gasteiger partial charge is 0.250 e. The Bertz CT molecular complexity index is 1130. The zero-order valence-electron chi connectivity index (χ0n) is 15.9. The van der Waals surface area contributed by atoms with Gasteiger partial charge in [-0.2, -0.15) is 5.10 Å². The van der Waals surface area contributed by atoms with Crippen LogP contribution in [0.25, 0.3) is 11.0 Å². The Labute approximate surface area is 172 Å². The van der Waals surface area contributed by atoms with E-state index < -0.39 is 0 Å². The Morgan fingerprint density at radius 3 is 2.79 bits per heavy atom. The number of aryl methyl sites for hydroxylation is 1. The van der Waals surface area contributed by atoms with E-state index in [1.165, 1.54) is 29.1 Å². The quantitative estimate of drug-likeness (QED) is 0.284. The first-order valence-electron chi connectivity index (χ1n) is 9.18. The van der Waals surface area contributed by atoms with Crippen LogP contribution in [0.2, 0.25) is 0 Å². The molecule has 0 atom stereocenters. The first-order valence-corrected chi connectivity index (χ1v) is 10.2. The van der Waals surface area contributed by atoms with Gasteiger partial charge in [0, 0.05) is 0 Å². The molecule has 0 bridgehead atoms. The molecule has 0 unspecified atom stereocenters. The van der Waals surface area contributed by atoms with Crippen LogP contribution >= 0.6 is 11.8 Å². The van der Waals surface area contributed by atoms with E-state index in [0.29, 0.717) is 12.3 Å². The minimum absolute atomic E-state index is 0.202. The van der Waals surface area contributed by atoms with E-state index in [1.807, 2.05) is 24.3 Å². The van der Waals surface area contributed by atoms with Crippen molar-refractivity contribution in [2.45, 2.75) is 18.6 Å². The summed E-state index contributed by atoms with van der Waals surface area (Å²) in [7, 11) is 0. The minimum atomic E-state index is -0.202. The highest BCUT2D eigenvalue weighted by Crippen LogP contribution is 2.25. The minimum Gasteiger partial charge on any atom is -0.463 e. The molecule has 0 aliphatic carbocycles. The molecule has 29 heavy (non-hydrogen) atoms. The maximum Gasteiger partial charge on any atom is 0.250 e. The molecule has 0 saturated carbocycles. The molecule has 1 N–H and O–H groups in total. The number of carbonyl (C=O) groups excluding carboxylic acids is 1. The number of hydrazone groups is 1. The van der Waals surface area contributed by atoms with E-state index in [4.69, 9.17) is 9.40 Å². The first kappa shape index (κ1) is 19.0. The Balaban J connectivity index is 1.47. The van der Waals surface area contributed by atoms with E-state index in [9.17, 15) is 4.79 Å². The van der Waals surface area contributed by atoms with E-state index in [1.54, 1.807) is 18.4 Å². The third-order valence-electron chi connectivity index (χ3n) is 4.34. The van der Waals surface area contributed by atoms with Gasteiger partial charge in [0.05, 0.1) is 35.8 Å². The molecular formula is C22H20N4O2S. The van der Waals surface area contributed by atoms with Crippen molar-refractivity contribution in [2.24, 2.45) is 5.10 Å². The zero-order chi connectivity index (χ0) is 20.1. The van der Waals surface area contributed by atoms with Gasteiger partial charge in [0.2, 0.25) is 0 Å². The average Bonchev–Trinajstić information content (AvgIpc) is 3.36. The summed E-state index contributed by atoms with van der Waals surface area (Å²) in [4.78, 5) is 16.9. The van der Waals surface area contributed by atoms with Gasteiger partial charge in [0.25, 0.3) is 5.91 Å². The van der Waals surface area contributed by atoms with Crippen LogP contribution in [-0.4, -0.2) is 27.4 Å². The fraction of sp³-hybridized carbons (Fsp3) is 0.136. The van der Waals surface area contributed by atoms with Crippen LogP contribution in [0.3, 0.4) is 0 Å². The number of benzene rings is 2. The third kappa shape index (κ3) is 4.75. The first-order chi connectivity index (χ1) is 14.2. The van der Waals surface area contributed by atoms with Gasteiger partial charge in [0.1, 0.15) is 5.76 Å². The Morgan fingerprint density at radius 1 is 1.17 bits per heavy atom. The van der Waals surface area contributed by atoms with Crippen molar-refractivity contribution in [1.82, 2.24) is 15.0 Å². The van der Waals surface area contributed by atoms with Gasteiger partial charge in [-0.25, -0.2) is 10.4 Å². The van der Waals surface area contributed by atoms with Crippen LogP contribution in [0.15, 0.2) is 81.6 Å². The van der Waals surface area contributed by atoms with Gasteiger partial charge in [-0.3, -0.25) is 4.79 Å². The number of para-hydroxylation sites is 2. The Morgan fingerprint density at radius 2 is 2.00 bits per heavy atom. The molecule has 0 radical (unpaired) electrons. The molecule has 7 heteroatoms. The Hall–Kier alpha value is -3.32. The topological polar surface area (TPSA) is 72.4 Å². The largest absolute Gasteiger partial charge is 0.463 e. The van der Waals surface area contributed by atoms with Crippen LogP contribution in [0.5, 0.6) is 0 Å². The zero-order valence-corrected chi connectivity index (χ0v) is 16.7. The lowest BCUT2D eigenvalue weighted by Crippen LogP contribution is -2.20. The fourth-order valence-corrected chi connectivity index (χ4v) is 3.69. The molecule has 2 aromatic heterocycles. The summed E-state index contributed by atoms with van der Waals surface area (Å²) in [5, 5.41) is 4.71. The molecule has 0 fully saturated rings. The normalized spacial score (nSPS) is 11.3. The second kappa shape index (κ2) is 8.79. The second-order valence-electron chi connectivity index (χ2n) is 6.55. The van der Waals surface area contributed by atoms with Crippen molar-refractivity contribution in [3.8, 4) is 0 Å². The number of hydrogen-bond donors (Lipinski definition) is 1. The summed E-state index contributed by atoms with van der Waals surface area (Å²) >= 11 is 1.39. The number of amides is 1. The number of hydrogen-bond acceptors (Lipinski definition) is 5. The molecule has 0 aliphatic rings. The van der Waals surface area contributed by atoms with Crippen LogP contribution < -0.4 is 5.43 Å². The number of rotatable bonds is 7. The van der Waals surface area contributed by atoms with Crippen LogP contribution in [-0.2, 0) is 11.3 Å². The Kier molecular flexibility index (Phi) is 5.76. The molecular weight excluding hydrogens is 384 g/mol. The highest BCUT2D eigenvalue weighted by atomic mass is 32.2. The van der Waals surface area contributed by atoms with Crippen molar-refractivity contribution in [1.29, 1.82) is 0 Å². The van der Waals surface area contributed by atoms with E-state index >= 15 is 0 Å². The SMILES string of the molecule is Cc1ccc(Cn2c(SCC(=O)N/N=C/c3ccco3)nc3ccccc32)cc1. The molecule has 1 amide bonds. The lowest BCUT2D eigenvalue weighted by molar-refractivity contribution is -0.118. The standard InChI is InChI=1S/C22H20N4O2S/c1-16-8-10-17(11-9-16)14-26-20-7-3-2-6-19(20)24-22(26)29-15-21(27)25-23-13-18-5-4-12-28-18/h2-13H,14-15H2,1H3,(H,25,27)/b23-13+. The maximum atomic E-state index is 12.2. The van der Waals surface area contributed by atoms with Gasteiger partial charge < -0.3 is 8.98 Å². The summed E-state index contributed by atoms with van der Waals surface area (Å²) in [5.41, 5.74) is 6.89. The van der Waals surface area contributed by atoms with Gasteiger partial charge in [-0.15, -0.1) is 0 Å². The highest BCUT2D eigenvalue weighted by Gasteiger charge is 2.13. The number of imidazole rings is 1. The van der Waals surface area contributed by atoms with Crippen LogP contribution in [0.1, 0.15) is 16.9 Å². The number of fused-ring (bicyclic) bond motifs is 1. The summed E-state index contributed by atoms with van der Waals surface area (Å²) in [6.45, 7) is 2.77. The molecule has 4 aromatic rings. The highest BCUT2D eigenvalue weighted by molar-refractivity contribution is 7.99. The van der Waals surface area contributed by atoms with E-state index in [2.05, 4.69) is 46.3 Å². The molecule has 146 valence electrons. The second-order valence-corrected chi connectivity index (χ2v) is 7.49. The van der Waals surface area contributed by atoms with Gasteiger partial charge in [-0.1, -0.05) is 53.7 Å². The number of thioether (sulfide) groups is 1. The number of aromatic nitrogens is 2. The summed E-state index contributed by atoms with van der Waals surface area (Å²) in [6.07, 6.45) is 3.02. The van der Waals surface area contributed by atoms with Gasteiger partial charge in [0.15, 0.2) is 5.16 Å². The molecule has 4 rings (SSSR count). The molecule has 2 heterocycles. The number of nitrogens with one attached hydrogen (secondary N) is 1. The summed E-state index contributed by atoms with van der Waals surface area (Å²) in [5.74, 6) is 0.594. The molecule has 0 saturated heterocycles. The summed E-state index contributed by atoms with van der Waals surface area (Å²) < 4.78 is 7.28. The fourth-order valence-electron chi connectivity index (χ4n) is 2.89. The van der Waals surface area contributed by atoms with Gasteiger partial charge in [-0.05, 0) is 36.8 Å².